The molecule has 3 N–H and O–H groups in total. The maximum absolute atomic E-state index is 11.7. The molecular formula is C8H9N5O2S. The zero-order valence-electron chi connectivity index (χ0n) is 8.64. The fourth-order valence-electron chi connectivity index (χ4n) is 1.13. The van der Waals surface area contributed by atoms with E-state index in [-0.39, 0.29) is 11.9 Å². The first-order valence-electron chi connectivity index (χ1n) is 4.41. The molecule has 0 spiro atoms. The number of nitrogen functional groups attached to an aromatic ring is 1. The molecule has 0 atom stereocenters. The van der Waals surface area contributed by atoms with E-state index in [1.807, 2.05) is 0 Å². The van der Waals surface area contributed by atoms with Crippen molar-refractivity contribution in [2.75, 3.05) is 11.1 Å². The summed E-state index contributed by atoms with van der Waals surface area (Å²) >= 11 is 1.11. The van der Waals surface area contributed by atoms with Crippen molar-refractivity contribution in [2.24, 2.45) is 0 Å². The molecule has 0 saturated carbocycles. The minimum Gasteiger partial charge on any atom is -0.375 e. The molecule has 16 heavy (non-hydrogen) atoms. The van der Waals surface area contributed by atoms with Crippen LogP contribution in [0.1, 0.15) is 21.2 Å². The second-order valence-corrected chi connectivity index (χ2v) is 4.10. The standard InChI is InChI=1S/C8H9N5O2S/c1-3-5(16-7(9)10-3)6(14)12-8-11-4(2)13-15-8/h1-2H3,(H2,9,10)(H,11,12,13,14). The fraction of sp³-hybridized carbons (Fsp3) is 0.250. The van der Waals surface area contributed by atoms with E-state index < -0.39 is 0 Å². The number of carbonyl (C=O) groups is 1. The molecule has 1 amide bonds. The monoisotopic (exact) mass is 239 g/mol. The van der Waals surface area contributed by atoms with Crippen LogP contribution in [0.25, 0.3) is 0 Å². The minimum absolute atomic E-state index is 0.0638. The van der Waals surface area contributed by atoms with Gasteiger partial charge < -0.3 is 10.3 Å². The van der Waals surface area contributed by atoms with E-state index in [4.69, 9.17) is 10.3 Å². The van der Waals surface area contributed by atoms with Crippen LogP contribution in [0.5, 0.6) is 0 Å². The molecule has 2 rings (SSSR count). The van der Waals surface area contributed by atoms with Crippen LogP contribution in [-0.4, -0.2) is 21.0 Å². The Balaban J connectivity index is 2.17. The number of hydrogen-bond acceptors (Lipinski definition) is 7. The second kappa shape index (κ2) is 3.89. The summed E-state index contributed by atoms with van der Waals surface area (Å²) < 4.78 is 4.76. The topological polar surface area (TPSA) is 107 Å². The summed E-state index contributed by atoms with van der Waals surface area (Å²) in [6.45, 7) is 3.37. The van der Waals surface area contributed by atoms with E-state index >= 15 is 0 Å². The van der Waals surface area contributed by atoms with Crippen molar-refractivity contribution in [3.8, 4) is 0 Å². The van der Waals surface area contributed by atoms with Gasteiger partial charge in [0.15, 0.2) is 11.0 Å². The van der Waals surface area contributed by atoms with E-state index in [9.17, 15) is 4.79 Å². The average molecular weight is 239 g/mol. The molecule has 0 saturated heterocycles. The van der Waals surface area contributed by atoms with Crippen LogP contribution in [-0.2, 0) is 0 Å². The van der Waals surface area contributed by atoms with Gasteiger partial charge in [-0.2, -0.15) is 4.98 Å². The molecule has 0 aliphatic heterocycles. The molecule has 84 valence electrons. The van der Waals surface area contributed by atoms with E-state index in [0.717, 1.165) is 11.3 Å². The Morgan fingerprint density at radius 2 is 2.19 bits per heavy atom. The summed E-state index contributed by atoms with van der Waals surface area (Å²) in [4.78, 5) is 20.0. The number of nitrogens with one attached hydrogen (secondary N) is 1. The highest BCUT2D eigenvalue weighted by Gasteiger charge is 2.16. The van der Waals surface area contributed by atoms with Crippen molar-refractivity contribution in [2.45, 2.75) is 13.8 Å². The lowest BCUT2D eigenvalue weighted by Crippen LogP contribution is -2.11. The van der Waals surface area contributed by atoms with Crippen molar-refractivity contribution < 1.29 is 9.32 Å². The Kier molecular flexibility index (Phi) is 2.57. The molecule has 8 heteroatoms. The van der Waals surface area contributed by atoms with Gasteiger partial charge in [-0.25, -0.2) is 4.98 Å². The number of nitrogens with two attached hydrogens (primary N) is 1. The van der Waals surface area contributed by atoms with Crippen LogP contribution in [0, 0.1) is 13.8 Å². The summed E-state index contributed by atoms with van der Waals surface area (Å²) in [5.41, 5.74) is 6.07. The van der Waals surface area contributed by atoms with Crippen molar-refractivity contribution in [3.63, 3.8) is 0 Å². The smallest absolute Gasteiger partial charge is 0.328 e. The minimum atomic E-state index is -0.352. The molecule has 0 fully saturated rings. The second-order valence-electron chi connectivity index (χ2n) is 3.07. The maximum atomic E-state index is 11.7. The van der Waals surface area contributed by atoms with E-state index in [1.54, 1.807) is 13.8 Å². The summed E-state index contributed by atoms with van der Waals surface area (Å²) in [7, 11) is 0. The molecule has 7 nitrogen and oxygen atoms in total. The molecule has 0 aromatic carbocycles. The number of anilines is 2. The lowest BCUT2D eigenvalue weighted by Gasteiger charge is -1.96. The van der Waals surface area contributed by atoms with Crippen LogP contribution in [0.4, 0.5) is 11.1 Å². The summed E-state index contributed by atoms with van der Waals surface area (Å²) in [5, 5.41) is 6.37. The molecule has 2 heterocycles. The third-order valence-electron chi connectivity index (χ3n) is 1.77. The highest BCUT2D eigenvalue weighted by molar-refractivity contribution is 7.17. The Morgan fingerprint density at radius 3 is 2.69 bits per heavy atom. The summed E-state index contributed by atoms with van der Waals surface area (Å²) in [5.74, 6) is 0.103. The number of aromatic nitrogens is 3. The van der Waals surface area contributed by atoms with Crippen molar-refractivity contribution >= 4 is 28.4 Å². The Labute approximate surface area is 94.7 Å². The fourth-order valence-corrected chi connectivity index (χ4v) is 1.86. The van der Waals surface area contributed by atoms with Gasteiger partial charge in [-0.3, -0.25) is 10.1 Å². The van der Waals surface area contributed by atoms with Gasteiger partial charge in [-0.05, 0) is 13.8 Å². The number of nitrogens with zero attached hydrogens (tertiary/aromatic N) is 3. The van der Waals surface area contributed by atoms with Gasteiger partial charge in [0, 0.05) is 0 Å². The Bertz CT molecular complexity index is 532. The van der Waals surface area contributed by atoms with E-state index in [0.29, 0.717) is 21.5 Å². The average Bonchev–Trinajstić information content (AvgIpc) is 2.73. The van der Waals surface area contributed by atoms with Crippen LogP contribution < -0.4 is 11.1 Å². The van der Waals surface area contributed by atoms with Gasteiger partial charge in [0.05, 0.1) is 5.69 Å². The number of aryl methyl sites for hydroxylation is 2. The third-order valence-corrected chi connectivity index (χ3v) is 2.75. The summed E-state index contributed by atoms with van der Waals surface area (Å²) in [6, 6.07) is 0.0638. The van der Waals surface area contributed by atoms with Gasteiger partial charge in [0.1, 0.15) is 4.88 Å². The van der Waals surface area contributed by atoms with Gasteiger partial charge in [-0.15, -0.1) is 0 Å². The van der Waals surface area contributed by atoms with E-state index in [2.05, 4.69) is 20.4 Å². The van der Waals surface area contributed by atoms with Crippen LogP contribution in [0.3, 0.4) is 0 Å². The molecule has 0 radical (unpaired) electrons. The Hall–Kier alpha value is -1.96. The third kappa shape index (κ3) is 2.01. The first kappa shape index (κ1) is 10.6. The van der Waals surface area contributed by atoms with Gasteiger partial charge >= 0.3 is 6.01 Å². The van der Waals surface area contributed by atoms with E-state index in [1.165, 1.54) is 0 Å². The molecule has 2 aromatic heterocycles. The number of thiazole rings is 1. The largest absolute Gasteiger partial charge is 0.375 e. The van der Waals surface area contributed by atoms with Crippen molar-refractivity contribution in [1.82, 2.24) is 15.1 Å². The molecule has 0 bridgehead atoms. The lowest BCUT2D eigenvalue weighted by atomic mass is 10.4. The van der Waals surface area contributed by atoms with Gasteiger partial charge in [-0.1, -0.05) is 16.5 Å². The predicted octanol–water partition coefficient (Wildman–Crippen LogP) is 0.977. The van der Waals surface area contributed by atoms with Crippen molar-refractivity contribution in [3.05, 3.63) is 16.4 Å². The molecule has 2 aromatic rings. The maximum Gasteiger partial charge on any atom is 0.328 e. The highest BCUT2D eigenvalue weighted by Crippen LogP contribution is 2.20. The van der Waals surface area contributed by atoms with Gasteiger partial charge in [0.2, 0.25) is 0 Å². The number of carbonyl (C=O) groups excluding carboxylic acids is 1. The first-order chi connectivity index (χ1) is 7.56. The zero-order chi connectivity index (χ0) is 11.7. The lowest BCUT2D eigenvalue weighted by molar-refractivity contribution is 0.102. The predicted molar refractivity (Wildman–Crippen MR) is 58.3 cm³/mol. The molecule has 0 unspecified atom stereocenters. The number of rotatable bonds is 2. The van der Waals surface area contributed by atoms with Crippen molar-refractivity contribution in [1.29, 1.82) is 0 Å². The zero-order valence-corrected chi connectivity index (χ0v) is 9.46. The van der Waals surface area contributed by atoms with Gasteiger partial charge in [0.25, 0.3) is 5.91 Å². The Morgan fingerprint density at radius 1 is 1.44 bits per heavy atom. The molecule has 0 aliphatic carbocycles. The quantitative estimate of drug-likeness (QED) is 0.808. The summed E-state index contributed by atoms with van der Waals surface area (Å²) in [6.07, 6.45) is 0. The van der Waals surface area contributed by atoms with Crippen LogP contribution in [0.2, 0.25) is 0 Å². The van der Waals surface area contributed by atoms with Crippen LogP contribution >= 0.6 is 11.3 Å². The SMILES string of the molecule is Cc1noc(NC(=O)c2sc(N)nc2C)n1. The molecular weight excluding hydrogens is 230 g/mol. The van der Waals surface area contributed by atoms with Crippen LogP contribution in [0.15, 0.2) is 4.52 Å². The number of amides is 1. The molecule has 0 aliphatic rings. The first-order valence-corrected chi connectivity index (χ1v) is 5.22. The highest BCUT2D eigenvalue weighted by atomic mass is 32.1. The normalized spacial score (nSPS) is 10.4. The number of hydrogen-bond donors (Lipinski definition) is 2.